The van der Waals surface area contributed by atoms with Gasteiger partial charge in [0.1, 0.15) is 11.4 Å². The molecule has 0 bridgehead atoms. The highest BCUT2D eigenvalue weighted by atomic mass is 16.6. The van der Waals surface area contributed by atoms with Gasteiger partial charge in [-0.25, -0.2) is 0 Å². The van der Waals surface area contributed by atoms with Gasteiger partial charge < -0.3 is 10.6 Å². The van der Waals surface area contributed by atoms with E-state index in [0.29, 0.717) is 30.0 Å². The minimum atomic E-state index is -0.350. The summed E-state index contributed by atoms with van der Waals surface area (Å²) >= 11 is 0. The number of hydrogen-bond acceptors (Lipinski definition) is 5. The van der Waals surface area contributed by atoms with Crippen LogP contribution < -0.4 is 10.6 Å². The molecule has 0 amide bonds. The zero-order chi connectivity index (χ0) is 16.0. The van der Waals surface area contributed by atoms with Gasteiger partial charge in [0.05, 0.1) is 4.92 Å². The van der Waals surface area contributed by atoms with Crippen molar-refractivity contribution in [3.63, 3.8) is 0 Å². The van der Waals surface area contributed by atoms with Crippen LogP contribution in [0.3, 0.4) is 0 Å². The van der Waals surface area contributed by atoms with E-state index in [9.17, 15) is 10.1 Å². The lowest BCUT2D eigenvalue weighted by atomic mass is 10.2. The van der Waals surface area contributed by atoms with Crippen molar-refractivity contribution >= 4 is 17.1 Å². The molecule has 1 aromatic carbocycles. The van der Waals surface area contributed by atoms with Gasteiger partial charge in [0.25, 0.3) is 0 Å². The summed E-state index contributed by atoms with van der Waals surface area (Å²) in [6.45, 7) is 10.1. The summed E-state index contributed by atoms with van der Waals surface area (Å²) in [4.78, 5) is 13.2. The molecule has 0 heterocycles. The number of hydrogen-bond donors (Lipinski definition) is 2. The van der Waals surface area contributed by atoms with Crippen molar-refractivity contribution in [3.05, 3.63) is 28.3 Å². The van der Waals surface area contributed by atoms with Gasteiger partial charge >= 0.3 is 5.69 Å². The van der Waals surface area contributed by atoms with Gasteiger partial charge in [0.15, 0.2) is 0 Å². The van der Waals surface area contributed by atoms with Gasteiger partial charge in [0.2, 0.25) is 0 Å². The van der Waals surface area contributed by atoms with E-state index in [1.165, 1.54) is 0 Å². The van der Waals surface area contributed by atoms with Gasteiger partial charge in [0, 0.05) is 32.2 Å². The van der Waals surface area contributed by atoms with Crippen molar-refractivity contribution < 1.29 is 4.92 Å². The average molecular weight is 294 g/mol. The SMILES string of the molecule is CNc1cccc(NCCN(C(C)C)C(C)C)c1[N+](=O)[O-]. The summed E-state index contributed by atoms with van der Waals surface area (Å²) in [6, 6.07) is 6.16. The number of benzene rings is 1. The van der Waals surface area contributed by atoms with Crippen LogP contribution in [0.5, 0.6) is 0 Å². The quantitative estimate of drug-likeness (QED) is 0.569. The molecular weight excluding hydrogens is 268 g/mol. The zero-order valence-electron chi connectivity index (χ0n) is 13.5. The first-order valence-corrected chi connectivity index (χ1v) is 7.33. The molecule has 0 radical (unpaired) electrons. The molecule has 1 aromatic rings. The van der Waals surface area contributed by atoms with Crippen LogP contribution in [-0.2, 0) is 0 Å². The maximum Gasteiger partial charge on any atom is 0.315 e. The van der Waals surface area contributed by atoms with E-state index in [2.05, 4.69) is 43.2 Å². The number of nitro benzene ring substituents is 1. The molecule has 0 spiro atoms. The Balaban J connectivity index is 2.78. The molecule has 0 fully saturated rings. The Bertz CT molecular complexity index is 467. The molecule has 0 saturated heterocycles. The Hall–Kier alpha value is -1.82. The Morgan fingerprint density at radius 3 is 2.24 bits per heavy atom. The second kappa shape index (κ2) is 7.83. The molecule has 6 nitrogen and oxygen atoms in total. The van der Waals surface area contributed by atoms with Crippen molar-refractivity contribution in [3.8, 4) is 0 Å². The first-order chi connectivity index (χ1) is 9.88. The van der Waals surface area contributed by atoms with Crippen molar-refractivity contribution in [1.82, 2.24) is 4.90 Å². The smallest absolute Gasteiger partial charge is 0.315 e. The van der Waals surface area contributed by atoms with Gasteiger partial charge in [-0.2, -0.15) is 0 Å². The van der Waals surface area contributed by atoms with Crippen LogP contribution in [0, 0.1) is 10.1 Å². The van der Waals surface area contributed by atoms with Crippen molar-refractivity contribution in [2.75, 3.05) is 30.8 Å². The van der Waals surface area contributed by atoms with Crippen LogP contribution in [0.25, 0.3) is 0 Å². The third-order valence-corrected chi connectivity index (χ3v) is 3.50. The van der Waals surface area contributed by atoms with Crippen LogP contribution in [0.4, 0.5) is 17.1 Å². The first kappa shape index (κ1) is 17.2. The number of nitro groups is 1. The van der Waals surface area contributed by atoms with Crippen LogP contribution in [0.2, 0.25) is 0 Å². The highest BCUT2D eigenvalue weighted by Crippen LogP contribution is 2.32. The minimum absolute atomic E-state index is 0.0978. The average Bonchev–Trinajstić information content (AvgIpc) is 2.41. The van der Waals surface area contributed by atoms with Crippen LogP contribution in [0.1, 0.15) is 27.7 Å². The first-order valence-electron chi connectivity index (χ1n) is 7.33. The van der Waals surface area contributed by atoms with Crippen molar-refractivity contribution in [1.29, 1.82) is 0 Å². The summed E-state index contributed by atoms with van der Waals surface area (Å²) in [5.41, 5.74) is 1.18. The molecule has 1 rings (SSSR count). The van der Waals surface area contributed by atoms with Crippen molar-refractivity contribution in [2.45, 2.75) is 39.8 Å². The summed E-state index contributed by atoms with van der Waals surface area (Å²) in [5, 5.41) is 17.3. The third-order valence-electron chi connectivity index (χ3n) is 3.50. The number of para-hydroxylation sites is 1. The molecule has 0 aliphatic carbocycles. The van der Waals surface area contributed by atoms with Gasteiger partial charge in [-0.05, 0) is 39.8 Å². The van der Waals surface area contributed by atoms with Gasteiger partial charge in [-0.1, -0.05) is 6.07 Å². The van der Waals surface area contributed by atoms with E-state index >= 15 is 0 Å². The van der Waals surface area contributed by atoms with E-state index in [-0.39, 0.29) is 10.6 Å². The lowest BCUT2D eigenvalue weighted by Gasteiger charge is -2.30. The Morgan fingerprint density at radius 2 is 1.76 bits per heavy atom. The number of anilines is 2. The summed E-state index contributed by atoms with van der Waals surface area (Å²) in [5.74, 6) is 0. The molecule has 21 heavy (non-hydrogen) atoms. The van der Waals surface area contributed by atoms with E-state index in [4.69, 9.17) is 0 Å². The van der Waals surface area contributed by atoms with Crippen molar-refractivity contribution in [2.24, 2.45) is 0 Å². The highest BCUT2D eigenvalue weighted by molar-refractivity contribution is 5.75. The second-order valence-electron chi connectivity index (χ2n) is 5.56. The van der Waals surface area contributed by atoms with Crippen LogP contribution in [-0.4, -0.2) is 42.0 Å². The Morgan fingerprint density at radius 1 is 1.19 bits per heavy atom. The molecule has 0 atom stereocenters. The number of rotatable bonds is 8. The largest absolute Gasteiger partial charge is 0.382 e. The van der Waals surface area contributed by atoms with Gasteiger partial charge in [-0.15, -0.1) is 0 Å². The monoisotopic (exact) mass is 294 g/mol. The summed E-state index contributed by atoms with van der Waals surface area (Å²) < 4.78 is 0. The van der Waals surface area contributed by atoms with Crippen LogP contribution in [0.15, 0.2) is 18.2 Å². The topological polar surface area (TPSA) is 70.4 Å². The normalized spacial score (nSPS) is 11.2. The summed E-state index contributed by atoms with van der Waals surface area (Å²) in [7, 11) is 1.69. The maximum absolute atomic E-state index is 11.2. The van der Waals surface area contributed by atoms with E-state index in [1.807, 2.05) is 6.07 Å². The second-order valence-corrected chi connectivity index (χ2v) is 5.56. The fourth-order valence-corrected chi connectivity index (χ4v) is 2.52. The molecular formula is C15H26N4O2. The fraction of sp³-hybridized carbons (Fsp3) is 0.600. The Labute approximate surface area is 126 Å². The fourth-order valence-electron chi connectivity index (χ4n) is 2.52. The predicted molar refractivity (Wildman–Crippen MR) is 88.1 cm³/mol. The highest BCUT2D eigenvalue weighted by Gasteiger charge is 2.19. The van der Waals surface area contributed by atoms with E-state index < -0.39 is 0 Å². The number of nitrogens with one attached hydrogen (secondary N) is 2. The molecule has 0 aliphatic heterocycles. The van der Waals surface area contributed by atoms with E-state index in [0.717, 1.165) is 6.54 Å². The standard InChI is InChI=1S/C15H26N4O2/c1-11(2)18(12(3)4)10-9-17-14-8-6-7-13(16-5)15(14)19(20)21/h6-8,11-12,16-17H,9-10H2,1-5H3. The molecule has 0 saturated carbocycles. The van der Waals surface area contributed by atoms with Crippen LogP contribution >= 0.6 is 0 Å². The lowest BCUT2D eigenvalue weighted by Crippen LogP contribution is -2.40. The third kappa shape index (κ3) is 4.60. The Kier molecular flexibility index (Phi) is 6.42. The minimum Gasteiger partial charge on any atom is -0.382 e. The van der Waals surface area contributed by atoms with Gasteiger partial charge in [-0.3, -0.25) is 15.0 Å². The molecule has 0 unspecified atom stereocenters. The molecule has 0 aliphatic rings. The number of nitrogens with zero attached hydrogens (tertiary/aromatic N) is 2. The molecule has 0 aromatic heterocycles. The van der Waals surface area contributed by atoms with E-state index in [1.54, 1.807) is 19.2 Å². The summed E-state index contributed by atoms with van der Waals surface area (Å²) in [6.07, 6.45) is 0. The predicted octanol–water partition coefficient (Wildman–Crippen LogP) is 3.17. The molecule has 6 heteroatoms. The maximum atomic E-state index is 11.2. The zero-order valence-corrected chi connectivity index (χ0v) is 13.5. The molecule has 118 valence electrons. The molecule has 2 N–H and O–H groups in total. The lowest BCUT2D eigenvalue weighted by molar-refractivity contribution is -0.383.